The quantitative estimate of drug-likeness (QED) is 0.587. The van der Waals surface area contributed by atoms with Crippen LogP contribution in [0.3, 0.4) is 0 Å². The Morgan fingerprint density at radius 3 is 2.47 bits per heavy atom. The molecule has 3 aromatic rings. The normalized spacial score (nSPS) is 10.6. The minimum atomic E-state index is 1.05. The number of hydrogen-bond acceptors (Lipinski definition) is 1. The van der Waals surface area contributed by atoms with Gasteiger partial charge in [0.25, 0.3) is 0 Å². The van der Waals surface area contributed by atoms with Crippen molar-refractivity contribution in [1.29, 1.82) is 0 Å². The van der Waals surface area contributed by atoms with Crippen LogP contribution in [0.25, 0.3) is 22.0 Å². The van der Waals surface area contributed by atoms with E-state index in [2.05, 4.69) is 63.7 Å². The van der Waals surface area contributed by atoms with Crippen molar-refractivity contribution in [3.05, 3.63) is 60.8 Å². The van der Waals surface area contributed by atoms with Gasteiger partial charge in [-0.1, -0.05) is 48.5 Å². The van der Waals surface area contributed by atoms with Crippen molar-refractivity contribution < 1.29 is 0 Å². The lowest BCUT2D eigenvalue weighted by molar-refractivity contribution is 1.42. The predicted molar refractivity (Wildman–Crippen MR) is 72.6 cm³/mol. The van der Waals surface area contributed by atoms with Gasteiger partial charge in [-0.15, -0.1) is 4.43 Å². The van der Waals surface area contributed by atoms with Gasteiger partial charge in [-0.3, -0.25) is 4.98 Å². The number of aromatic nitrogens is 1. The lowest BCUT2D eigenvalue weighted by Gasteiger charge is -2.08. The second-order valence-electron chi connectivity index (χ2n) is 3.97. The third kappa shape index (κ3) is 1.87. The number of pyridine rings is 1. The first-order valence-corrected chi connectivity index (χ1v) is 6.12. The third-order valence-electron chi connectivity index (χ3n) is 2.89. The first-order chi connectivity index (χ1) is 8.36. The number of nitrogens with zero attached hydrogens (tertiary/aromatic N) is 1. The fourth-order valence-corrected chi connectivity index (χ4v) is 2.39. The molecule has 1 aromatic heterocycles. The Balaban J connectivity index is 2.35. The predicted octanol–water partition coefficient (Wildman–Crippen LogP) is 2.70. The van der Waals surface area contributed by atoms with Gasteiger partial charge in [0.15, 0.2) is 16.3 Å². The lowest BCUT2D eigenvalue weighted by atomic mass is 10.0. The summed E-state index contributed by atoms with van der Waals surface area (Å²) in [6.45, 7) is 0. The van der Waals surface area contributed by atoms with Gasteiger partial charge in [0, 0.05) is 11.6 Å². The maximum absolute atomic E-state index is 4.45. The number of hydrogen-bond donors (Lipinski definition) is 0. The zero-order valence-corrected chi connectivity index (χ0v) is 10.5. The molecule has 0 aliphatic heterocycles. The van der Waals surface area contributed by atoms with Crippen LogP contribution in [0.2, 0.25) is 0 Å². The average Bonchev–Trinajstić information content (AvgIpc) is 2.41. The third-order valence-corrected chi connectivity index (χ3v) is 3.35. The Hall–Kier alpha value is -1.62. The maximum Gasteiger partial charge on any atom is 0.179 e. The standard InChI is InChI=1S/C15H10N.Al/c1-2-6-12(7-3-1)13-8-4-10-15-14(13)9-5-11-16-15;/h1-9,11H;. The van der Waals surface area contributed by atoms with E-state index in [0.29, 0.717) is 0 Å². The van der Waals surface area contributed by atoms with E-state index >= 15 is 0 Å². The fourth-order valence-electron chi connectivity index (χ4n) is 2.06. The van der Waals surface area contributed by atoms with Crippen LogP contribution in [0.15, 0.2) is 60.8 Å². The maximum atomic E-state index is 4.45. The highest BCUT2D eigenvalue weighted by molar-refractivity contribution is 6.38. The van der Waals surface area contributed by atoms with Crippen LogP contribution < -0.4 is 4.43 Å². The Morgan fingerprint density at radius 2 is 1.65 bits per heavy atom. The molecule has 78 valence electrons. The molecule has 2 heteroatoms. The molecule has 0 atom stereocenters. The zero-order valence-electron chi connectivity index (χ0n) is 9.30. The minimum absolute atomic E-state index is 1.05. The number of rotatable bonds is 1. The van der Waals surface area contributed by atoms with Gasteiger partial charge in [-0.25, -0.2) is 0 Å². The second-order valence-corrected chi connectivity index (χ2v) is 4.59. The van der Waals surface area contributed by atoms with Crippen molar-refractivity contribution in [3.63, 3.8) is 0 Å². The molecule has 17 heavy (non-hydrogen) atoms. The highest BCUT2D eigenvalue weighted by Crippen LogP contribution is 2.25. The van der Waals surface area contributed by atoms with Gasteiger partial charge in [-0.05, 0) is 17.2 Å². The molecule has 0 N–H and O–H groups in total. The number of benzene rings is 2. The summed E-state index contributed by atoms with van der Waals surface area (Å²) < 4.78 is 1.14. The summed E-state index contributed by atoms with van der Waals surface area (Å²) in [5.41, 5.74) is 3.52. The van der Waals surface area contributed by atoms with E-state index < -0.39 is 0 Å². The van der Waals surface area contributed by atoms with Crippen LogP contribution in [0.4, 0.5) is 0 Å². The van der Waals surface area contributed by atoms with Gasteiger partial charge in [0.1, 0.15) is 0 Å². The van der Waals surface area contributed by atoms with Crippen LogP contribution in [0, 0.1) is 0 Å². The molecule has 2 aromatic carbocycles. The van der Waals surface area contributed by atoms with Crippen LogP contribution in [0.1, 0.15) is 0 Å². The van der Waals surface area contributed by atoms with Crippen molar-refractivity contribution in [2.75, 3.05) is 0 Å². The molecule has 0 amide bonds. The van der Waals surface area contributed by atoms with E-state index in [-0.39, 0.29) is 0 Å². The first-order valence-electron chi connectivity index (χ1n) is 5.55. The molecule has 3 rings (SSSR count). The zero-order chi connectivity index (χ0) is 11.7. The largest absolute Gasteiger partial charge is 0.258 e. The summed E-state index contributed by atoms with van der Waals surface area (Å²) >= 11 is 2.74. The van der Waals surface area contributed by atoms with E-state index in [1.54, 1.807) is 0 Å². The monoisotopic (exact) mass is 231 g/mol. The van der Waals surface area contributed by atoms with Crippen LogP contribution in [-0.2, 0) is 0 Å². The van der Waals surface area contributed by atoms with Gasteiger partial charge in [0.05, 0.1) is 5.52 Å². The Bertz CT molecular complexity index is 662. The molecule has 1 nitrogen and oxygen atoms in total. The minimum Gasteiger partial charge on any atom is -0.258 e. The van der Waals surface area contributed by atoms with Crippen molar-refractivity contribution in [1.82, 2.24) is 4.98 Å². The van der Waals surface area contributed by atoms with Gasteiger partial charge in [-0.2, -0.15) is 0 Å². The van der Waals surface area contributed by atoms with Crippen LogP contribution >= 0.6 is 0 Å². The van der Waals surface area contributed by atoms with E-state index in [1.165, 1.54) is 16.5 Å². The van der Waals surface area contributed by atoms with Crippen molar-refractivity contribution in [2.45, 2.75) is 0 Å². The summed E-state index contributed by atoms with van der Waals surface area (Å²) in [4.78, 5) is 4.45. The van der Waals surface area contributed by atoms with E-state index in [4.69, 9.17) is 0 Å². The highest BCUT2D eigenvalue weighted by Gasteiger charge is 2.04. The summed E-state index contributed by atoms with van der Waals surface area (Å²) in [7, 11) is 0. The van der Waals surface area contributed by atoms with Crippen LogP contribution in [-0.4, -0.2) is 21.3 Å². The second kappa shape index (κ2) is 4.33. The molecule has 1 heterocycles. The van der Waals surface area contributed by atoms with Crippen molar-refractivity contribution in [2.24, 2.45) is 0 Å². The Morgan fingerprint density at radius 1 is 0.824 bits per heavy atom. The average molecular weight is 231 g/mol. The molecule has 0 aliphatic rings. The molecule has 0 unspecified atom stereocenters. The molecule has 0 saturated heterocycles. The molecule has 0 aliphatic carbocycles. The highest BCUT2D eigenvalue weighted by atomic mass is 27.0. The fraction of sp³-hybridized carbons (Fsp3) is 0. The smallest absolute Gasteiger partial charge is 0.179 e. The van der Waals surface area contributed by atoms with Gasteiger partial charge < -0.3 is 0 Å². The lowest BCUT2D eigenvalue weighted by Crippen LogP contribution is -2.05. The van der Waals surface area contributed by atoms with E-state index in [9.17, 15) is 0 Å². The van der Waals surface area contributed by atoms with Crippen molar-refractivity contribution in [3.8, 4) is 11.1 Å². The van der Waals surface area contributed by atoms with Crippen molar-refractivity contribution >= 4 is 31.6 Å². The summed E-state index contributed by atoms with van der Waals surface area (Å²) in [6.07, 6.45) is 1.84. The molecule has 0 fully saturated rings. The number of fused-ring (bicyclic) bond motifs is 1. The van der Waals surface area contributed by atoms with Gasteiger partial charge >= 0.3 is 0 Å². The molecule has 0 saturated carbocycles. The Labute approximate surface area is 109 Å². The summed E-state index contributed by atoms with van der Waals surface area (Å²) in [5, 5.41) is 1.20. The summed E-state index contributed by atoms with van der Waals surface area (Å²) in [6, 6.07) is 18.8. The molecule has 2 radical (unpaired) electrons. The Kier molecular flexibility index (Phi) is 2.68. The van der Waals surface area contributed by atoms with E-state index in [1.807, 2.05) is 18.3 Å². The molecular weight excluding hydrogens is 221 g/mol. The van der Waals surface area contributed by atoms with Crippen LogP contribution in [0.5, 0.6) is 0 Å². The summed E-state index contributed by atoms with van der Waals surface area (Å²) in [5.74, 6) is 0. The first kappa shape index (κ1) is 10.5. The topological polar surface area (TPSA) is 12.9 Å². The van der Waals surface area contributed by atoms with Gasteiger partial charge in [0.2, 0.25) is 0 Å². The molecule has 0 bridgehead atoms. The molecular formula is C15H10AlN. The SMILES string of the molecule is [Al][c]1ccc(-c2ccccc2)c2cccnc12. The van der Waals surface area contributed by atoms with E-state index in [0.717, 1.165) is 9.94 Å². The molecule has 0 spiro atoms.